The van der Waals surface area contributed by atoms with Crippen LogP contribution in [0.5, 0.6) is 0 Å². The summed E-state index contributed by atoms with van der Waals surface area (Å²) in [6.45, 7) is 2.49. The molecule has 0 saturated carbocycles. The lowest BCUT2D eigenvalue weighted by Gasteiger charge is -2.15. The maximum absolute atomic E-state index is 13.2. The standard InChI is InChI=1S/C16H17F2NO/c1-11(14-5-6-15(17)16(18)8-14)19-9-12-3-2-4-13(7-12)10-20/h2-8,11,19-20H,9-10H2,1H3. The molecule has 0 aromatic heterocycles. The predicted molar refractivity (Wildman–Crippen MR) is 74.0 cm³/mol. The van der Waals surface area contributed by atoms with Crippen molar-refractivity contribution in [3.63, 3.8) is 0 Å². The molecule has 2 N–H and O–H groups in total. The molecule has 0 spiro atoms. The molecule has 1 atom stereocenters. The van der Waals surface area contributed by atoms with E-state index >= 15 is 0 Å². The Morgan fingerprint density at radius 3 is 2.50 bits per heavy atom. The summed E-state index contributed by atoms with van der Waals surface area (Å²) in [6, 6.07) is 11.4. The Labute approximate surface area is 117 Å². The summed E-state index contributed by atoms with van der Waals surface area (Å²) < 4.78 is 26.0. The first-order chi connectivity index (χ1) is 9.60. The van der Waals surface area contributed by atoms with Gasteiger partial charge in [0.15, 0.2) is 11.6 Å². The van der Waals surface area contributed by atoms with Crippen molar-refractivity contribution in [3.05, 3.63) is 70.8 Å². The van der Waals surface area contributed by atoms with Gasteiger partial charge < -0.3 is 10.4 Å². The SMILES string of the molecule is CC(NCc1cccc(CO)c1)c1ccc(F)c(F)c1. The van der Waals surface area contributed by atoms with Gasteiger partial charge in [-0.1, -0.05) is 30.3 Å². The number of rotatable bonds is 5. The second-order valence-corrected chi connectivity index (χ2v) is 4.75. The average molecular weight is 277 g/mol. The first kappa shape index (κ1) is 14.6. The fourth-order valence-electron chi connectivity index (χ4n) is 2.01. The highest BCUT2D eigenvalue weighted by molar-refractivity contribution is 5.24. The van der Waals surface area contributed by atoms with Crippen LogP contribution >= 0.6 is 0 Å². The molecule has 106 valence electrons. The Kier molecular flexibility index (Phi) is 4.82. The van der Waals surface area contributed by atoms with Crippen LogP contribution in [0.1, 0.15) is 29.7 Å². The van der Waals surface area contributed by atoms with Crippen LogP contribution in [-0.4, -0.2) is 5.11 Å². The topological polar surface area (TPSA) is 32.3 Å². The van der Waals surface area contributed by atoms with Gasteiger partial charge in [0, 0.05) is 12.6 Å². The zero-order valence-corrected chi connectivity index (χ0v) is 11.2. The molecule has 0 fully saturated rings. The molecule has 2 rings (SSSR count). The summed E-state index contributed by atoms with van der Waals surface area (Å²) in [5.74, 6) is -1.67. The Hall–Kier alpha value is -1.78. The van der Waals surface area contributed by atoms with Crippen molar-refractivity contribution in [2.75, 3.05) is 0 Å². The number of nitrogens with one attached hydrogen (secondary N) is 1. The molecule has 20 heavy (non-hydrogen) atoms. The fraction of sp³-hybridized carbons (Fsp3) is 0.250. The highest BCUT2D eigenvalue weighted by Gasteiger charge is 2.08. The summed E-state index contributed by atoms with van der Waals surface area (Å²) in [7, 11) is 0. The highest BCUT2D eigenvalue weighted by Crippen LogP contribution is 2.16. The van der Waals surface area contributed by atoms with Crippen LogP contribution < -0.4 is 5.32 Å². The molecule has 0 heterocycles. The van der Waals surface area contributed by atoms with Gasteiger partial charge in [-0.2, -0.15) is 0 Å². The third-order valence-electron chi connectivity index (χ3n) is 3.23. The summed E-state index contributed by atoms with van der Waals surface area (Å²) >= 11 is 0. The van der Waals surface area contributed by atoms with E-state index in [4.69, 9.17) is 5.11 Å². The third-order valence-corrected chi connectivity index (χ3v) is 3.23. The van der Waals surface area contributed by atoms with Gasteiger partial charge >= 0.3 is 0 Å². The van der Waals surface area contributed by atoms with E-state index in [1.807, 2.05) is 31.2 Å². The molecule has 0 radical (unpaired) electrons. The van der Waals surface area contributed by atoms with Gasteiger partial charge in [0.05, 0.1) is 6.61 Å². The van der Waals surface area contributed by atoms with Crippen molar-refractivity contribution >= 4 is 0 Å². The quantitative estimate of drug-likeness (QED) is 0.879. The van der Waals surface area contributed by atoms with E-state index < -0.39 is 11.6 Å². The van der Waals surface area contributed by atoms with Crippen LogP contribution in [0, 0.1) is 11.6 Å². The highest BCUT2D eigenvalue weighted by atomic mass is 19.2. The largest absolute Gasteiger partial charge is 0.392 e. The van der Waals surface area contributed by atoms with E-state index in [0.29, 0.717) is 12.1 Å². The van der Waals surface area contributed by atoms with Crippen LogP contribution in [0.4, 0.5) is 8.78 Å². The van der Waals surface area contributed by atoms with Crippen LogP contribution in [0.3, 0.4) is 0 Å². The normalized spacial score (nSPS) is 12.4. The number of benzene rings is 2. The second kappa shape index (κ2) is 6.59. The van der Waals surface area contributed by atoms with Crippen molar-refractivity contribution in [1.29, 1.82) is 0 Å². The van der Waals surface area contributed by atoms with Gasteiger partial charge in [-0.3, -0.25) is 0 Å². The lowest BCUT2D eigenvalue weighted by atomic mass is 10.1. The molecule has 0 bridgehead atoms. The molecule has 0 aliphatic heterocycles. The maximum atomic E-state index is 13.2. The molecular formula is C16H17F2NO. The molecule has 0 aliphatic carbocycles. The van der Waals surface area contributed by atoms with Gasteiger partial charge in [0.1, 0.15) is 0 Å². The molecule has 0 saturated heterocycles. The third kappa shape index (κ3) is 3.62. The number of aliphatic hydroxyl groups excluding tert-OH is 1. The van der Waals surface area contributed by atoms with Gasteiger partial charge in [-0.25, -0.2) is 8.78 Å². The van der Waals surface area contributed by atoms with E-state index in [1.54, 1.807) is 6.07 Å². The van der Waals surface area contributed by atoms with Crippen molar-refractivity contribution in [2.45, 2.75) is 26.1 Å². The first-order valence-corrected chi connectivity index (χ1v) is 6.47. The minimum absolute atomic E-state index is 0.00651. The number of aliphatic hydroxyl groups is 1. The number of hydrogen-bond acceptors (Lipinski definition) is 2. The van der Waals surface area contributed by atoms with Gasteiger partial charge in [0.25, 0.3) is 0 Å². The molecule has 0 aliphatic rings. The summed E-state index contributed by atoms with van der Waals surface area (Å²) in [5.41, 5.74) is 2.58. The van der Waals surface area contributed by atoms with Crippen molar-refractivity contribution in [2.24, 2.45) is 0 Å². The number of halogens is 2. The summed E-state index contributed by atoms with van der Waals surface area (Å²) in [4.78, 5) is 0. The lowest BCUT2D eigenvalue weighted by molar-refractivity contribution is 0.281. The van der Waals surface area contributed by atoms with Crippen molar-refractivity contribution in [3.8, 4) is 0 Å². The van der Waals surface area contributed by atoms with E-state index in [-0.39, 0.29) is 12.6 Å². The monoisotopic (exact) mass is 277 g/mol. The van der Waals surface area contributed by atoms with Crippen LogP contribution in [0.15, 0.2) is 42.5 Å². The molecule has 4 heteroatoms. The van der Waals surface area contributed by atoms with E-state index in [2.05, 4.69) is 5.32 Å². The van der Waals surface area contributed by atoms with Crippen LogP contribution in [0.25, 0.3) is 0 Å². The molecular weight excluding hydrogens is 260 g/mol. The van der Waals surface area contributed by atoms with Crippen molar-refractivity contribution in [1.82, 2.24) is 5.32 Å². The Morgan fingerprint density at radius 2 is 1.80 bits per heavy atom. The minimum atomic E-state index is -0.836. The Balaban J connectivity index is 2.00. The van der Waals surface area contributed by atoms with Gasteiger partial charge in [-0.05, 0) is 35.7 Å². The lowest BCUT2D eigenvalue weighted by Crippen LogP contribution is -2.18. The van der Waals surface area contributed by atoms with Gasteiger partial charge in [-0.15, -0.1) is 0 Å². The molecule has 1 unspecified atom stereocenters. The molecule has 2 aromatic carbocycles. The predicted octanol–water partition coefficient (Wildman–Crippen LogP) is 3.31. The van der Waals surface area contributed by atoms with E-state index in [1.165, 1.54) is 6.07 Å². The van der Waals surface area contributed by atoms with Gasteiger partial charge in [0.2, 0.25) is 0 Å². The van der Waals surface area contributed by atoms with Crippen LogP contribution in [0.2, 0.25) is 0 Å². The Morgan fingerprint density at radius 1 is 1.05 bits per heavy atom. The molecule has 2 aromatic rings. The van der Waals surface area contributed by atoms with Crippen molar-refractivity contribution < 1.29 is 13.9 Å². The minimum Gasteiger partial charge on any atom is -0.392 e. The summed E-state index contributed by atoms with van der Waals surface area (Å²) in [5, 5.41) is 12.3. The Bertz CT molecular complexity index is 586. The number of hydrogen-bond donors (Lipinski definition) is 2. The van der Waals surface area contributed by atoms with E-state index in [0.717, 1.165) is 17.2 Å². The smallest absolute Gasteiger partial charge is 0.159 e. The first-order valence-electron chi connectivity index (χ1n) is 6.47. The molecule has 0 amide bonds. The summed E-state index contributed by atoms with van der Waals surface area (Å²) in [6.07, 6.45) is 0. The maximum Gasteiger partial charge on any atom is 0.159 e. The van der Waals surface area contributed by atoms with E-state index in [9.17, 15) is 8.78 Å². The van der Waals surface area contributed by atoms with Crippen LogP contribution in [-0.2, 0) is 13.2 Å². The fourth-order valence-corrected chi connectivity index (χ4v) is 2.01. The molecule has 2 nitrogen and oxygen atoms in total. The zero-order chi connectivity index (χ0) is 14.5. The average Bonchev–Trinajstić information content (AvgIpc) is 2.47. The second-order valence-electron chi connectivity index (χ2n) is 4.75. The zero-order valence-electron chi connectivity index (χ0n) is 11.2.